The Morgan fingerprint density at radius 1 is 1.14 bits per heavy atom. The van der Waals surface area contributed by atoms with Gasteiger partial charge in [-0.15, -0.1) is 0 Å². The Labute approximate surface area is 131 Å². The van der Waals surface area contributed by atoms with Crippen molar-refractivity contribution in [2.45, 2.75) is 71.9 Å². The second kappa shape index (κ2) is 7.94. The molecule has 21 heavy (non-hydrogen) atoms. The molecule has 2 aliphatic rings. The number of nitrogens with one attached hydrogen (secondary N) is 1. The monoisotopic (exact) mass is 296 g/mol. The van der Waals surface area contributed by atoms with E-state index in [-0.39, 0.29) is 0 Å². The Balaban J connectivity index is 1.97. The van der Waals surface area contributed by atoms with Crippen molar-refractivity contribution in [3.8, 4) is 0 Å². The van der Waals surface area contributed by atoms with Gasteiger partial charge in [0.15, 0.2) is 0 Å². The first kappa shape index (κ1) is 17.2. The summed E-state index contributed by atoms with van der Waals surface area (Å²) in [6.45, 7) is 14.3. The van der Waals surface area contributed by atoms with Crippen LogP contribution in [0, 0.1) is 11.3 Å². The third-order valence-electron chi connectivity index (χ3n) is 5.43. The van der Waals surface area contributed by atoms with Gasteiger partial charge in [0.05, 0.1) is 6.61 Å². The van der Waals surface area contributed by atoms with Gasteiger partial charge in [0.1, 0.15) is 0 Å². The smallest absolute Gasteiger partial charge is 0.0593 e. The van der Waals surface area contributed by atoms with Crippen LogP contribution in [0.2, 0.25) is 0 Å². The molecule has 2 rings (SSSR count). The molecular formula is C18H36N2O. The molecule has 0 spiro atoms. The van der Waals surface area contributed by atoms with E-state index in [1.807, 2.05) is 0 Å². The van der Waals surface area contributed by atoms with Crippen LogP contribution in [0.1, 0.15) is 59.8 Å². The molecule has 2 fully saturated rings. The van der Waals surface area contributed by atoms with Crippen LogP contribution in [-0.2, 0) is 4.74 Å². The third-order valence-corrected chi connectivity index (χ3v) is 5.43. The first-order valence-electron chi connectivity index (χ1n) is 9.07. The highest BCUT2D eigenvalue weighted by Crippen LogP contribution is 2.32. The minimum atomic E-state index is 0.335. The summed E-state index contributed by atoms with van der Waals surface area (Å²) < 4.78 is 5.63. The fourth-order valence-electron chi connectivity index (χ4n) is 3.97. The molecule has 1 saturated heterocycles. The molecule has 0 aromatic heterocycles. The molecule has 124 valence electrons. The highest BCUT2D eigenvalue weighted by atomic mass is 16.5. The predicted octanol–water partition coefficient (Wildman–Crippen LogP) is 3.29. The molecule has 1 N–H and O–H groups in total. The van der Waals surface area contributed by atoms with E-state index in [2.05, 4.69) is 37.9 Å². The van der Waals surface area contributed by atoms with Gasteiger partial charge in [-0.3, -0.25) is 4.90 Å². The summed E-state index contributed by atoms with van der Waals surface area (Å²) in [5.74, 6) is 0.897. The molecule has 2 unspecified atom stereocenters. The normalized spacial score (nSPS) is 29.7. The van der Waals surface area contributed by atoms with E-state index >= 15 is 0 Å². The minimum Gasteiger partial charge on any atom is -0.380 e. The molecule has 0 radical (unpaired) electrons. The summed E-state index contributed by atoms with van der Waals surface area (Å²) >= 11 is 0. The van der Waals surface area contributed by atoms with Gasteiger partial charge in [-0.1, -0.05) is 40.0 Å². The summed E-state index contributed by atoms with van der Waals surface area (Å²) in [5, 5.41) is 3.84. The van der Waals surface area contributed by atoms with Crippen molar-refractivity contribution in [2.24, 2.45) is 11.3 Å². The summed E-state index contributed by atoms with van der Waals surface area (Å²) in [6.07, 6.45) is 7.17. The van der Waals surface area contributed by atoms with Gasteiger partial charge in [-0.2, -0.15) is 0 Å². The number of ether oxygens (including phenoxy) is 1. The lowest BCUT2D eigenvalue weighted by Gasteiger charge is -2.48. The van der Waals surface area contributed by atoms with E-state index in [0.29, 0.717) is 11.5 Å². The molecule has 0 aromatic rings. The van der Waals surface area contributed by atoms with Crippen LogP contribution in [0.15, 0.2) is 0 Å². The Hall–Kier alpha value is -0.120. The van der Waals surface area contributed by atoms with Crippen LogP contribution < -0.4 is 5.32 Å². The molecule has 1 heterocycles. The molecule has 1 aliphatic carbocycles. The van der Waals surface area contributed by atoms with Crippen LogP contribution in [-0.4, -0.2) is 49.8 Å². The zero-order chi connectivity index (χ0) is 15.3. The highest BCUT2D eigenvalue weighted by molar-refractivity contribution is 4.94. The molecule has 1 aliphatic heterocycles. The first-order valence-corrected chi connectivity index (χ1v) is 9.07. The largest absolute Gasteiger partial charge is 0.380 e. The van der Waals surface area contributed by atoms with Crippen molar-refractivity contribution in [3.05, 3.63) is 0 Å². The quantitative estimate of drug-likeness (QED) is 0.788. The van der Waals surface area contributed by atoms with Crippen LogP contribution >= 0.6 is 0 Å². The van der Waals surface area contributed by atoms with Crippen molar-refractivity contribution in [3.63, 3.8) is 0 Å². The summed E-state index contributed by atoms with van der Waals surface area (Å²) in [6, 6.07) is 1.32. The Morgan fingerprint density at radius 2 is 1.86 bits per heavy atom. The second-order valence-electron chi connectivity index (χ2n) is 7.98. The maximum absolute atomic E-state index is 5.63. The van der Waals surface area contributed by atoms with Gasteiger partial charge in [0.2, 0.25) is 0 Å². The van der Waals surface area contributed by atoms with Crippen LogP contribution in [0.4, 0.5) is 0 Å². The van der Waals surface area contributed by atoms with Gasteiger partial charge in [-0.25, -0.2) is 0 Å². The minimum absolute atomic E-state index is 0.335. The summed E-state index contributed by atoms with van der Waals surface area (Å²) in [5.41, 5.74) is 0.335. The van der Waals surface area contributed by atoms with E-state index < -0.39 is 0 Å². The van der Waals surface area contributed by atoms with Gasteiger partial charge in [0, 0.05) is 38.3 Å². The second-order valence-corrected chi connectivity index (χ2v) is 7.98. The lowest BCUT2D eigenvalue weighted by molar-refractivity contribution is 0.0205. The van der Waals surface area contributed by atoms with Crippen molar-refractivity contribution in [2.75, 3.05) is 32.8 Å². The van der Waals surface area contributed by atoms with E-state index in [4.69, 9.17) is 4.74 Å². The molecular weight excluding hydrogens is 260 g/mol. The SMILES string of the molecule is CCOCCN1CC(C(C)(C)C)NCC1C1CCCCC1. The fraction of sp³-hybridized carbons (Fsp3) is 1.00. The highest BCUT2D eigenvalue weighted by Gasteiger charge is 2.37. The molecule has 0 amide bonds. The number of hydrogen-bond acceptors (Lipinski definition) is 3. The number of hydrogen-bond donors (Lipinski definition) is 1. The van der Waals surface area contributed by atoms with Crippen LogP contribution in [0.3, 0.4) is 0 Å². The Kier molecular flexibility index (Phi) is 6.51. The molecule has 2 atom stereocenters. The van der Waals surface area contributed by atoms with Crippen molar-refractivity contribution in [1.82, 2.24) is 10.2 Å². The molecule has 3 nitrogen and oxygen atoms in total. The molecule has 0 aromatic carbocycles. The van der Waals surface area contributed by atoms with Gasteiger partial charge >= 0.3 is 0 Å². The summed E-state index contributed by atoms with van der Waals surface area (Å²) in [4.78, 5) is 2.73. The molecule has 1 saturated carbocycles. The number of piperazine rings is 1. The summed E-state index contributed by atoms with van der Waals surface area (Å²) in [7, 11) is 0. The van der Waals surface area contributed by atoms with Crippen molar-refractivity contribution < 1.29 is 4.74 Å². The fourth-order valence-corrected chi connectivity index (χ4v) is 3.97. The topological polar surface area (TPSA) is 24.5 Å². The lowest BCUT2D eigenvalue weighted by atomic mass is 9.79. The average Bonchev–Trinajstić information content (AvgIpc) is 2.47. The third kappa shape index (κ3) is 4.94. The van der Waals surface area contributed by atoms with E-state index in [1.54, 1.807) is 0 Å². The van der Waals surface area contributed by atoms with E-state index in [0.717, 1.165) is 31.7 Å². The van der Waals surface area contributed by atoms with Gasteiger partial charge in [0.25, 0.3) is 0 Å². The van der Waals surface area contributed by atoms with Crippen LogP contribution in [0.5, 0.6) is 0 Å². The Morgan fingerprint density at radius 3 is 2.48 bits per heavy atom. The van der Waals surface area contributed by atoms with Gasteiger partial charge < -0.3 is 10.1 Å². The maximum Gasteiger partial charge on any atom is 0.0593 e. The average molecular weight is 296 g/mol. The van der Waals surface area contributed by atoms with Gasteiger partial charge in [-0.05, 0) is 31.1 Å². The maximum atomic E-state index is 5.63. The predicted molar refractivity (Wildman–Crippen MR) is 89.7 cm³/mol. The number of nitrogens with zero attached hydrogens (tertiary/aromatic N) is 1. The standard InChI is InChI=1S/C18H36N2O/c1-5-21-12-11-20-14-17(18(2,3)4)19-13-16(20)15-9-7-6-8-10-15/h15-17,19H,5-14H2,1-4H3. The van der Waals surface area contributed by atoms with Crippen LogP contribution in [0.25, 0.3) is 0 Å². The molecule has 3 heteroatoms. The first-order chi connectivity index (χ1) is 10.0. The zero-order valence-corrected chi connectivity index (χ0v) is 14.7. The number of rotatable bonds is 5. The van der Waals surface area contributed by atoms with Crippen molar-refractivity contribution >= 4 is 0 Å². The lowest BCUT2D eigenvalue weighted by Crippen LogP contribution is -2.62. The van der Waals surface area contributed by atoms with Crippen molar-refractivity contribution in [1.29, 1.82) is 0 Å². The van der Waals surface area contributed by atoms with E-state index in [1.165, 1.54) is 45.2 Å². The Bertz CT molecular complexity index is 294. The van der Waals surface area contributed by atoms with E-state index in [9.17, 15) is 0 Å². The zero-order valence-electron chi connectivity index (χ0n) is 14.7. The molecule has 0 bridgehead atoms.